The predicted molar refractivity (Wildman–Crippen MR) is 87.8 cm³/mol. The van der Waals surface area contributed by atoms with E-state index in [0.717, 1.165) is 19.6 Å². The molecule has 2 rings (SSSR count). The summed E-state index contributed by atoms with van der Waals surface area (Å²) in [5.41, 5.74) is -0.455. The van der Waals surface area contributed by atoms with E-state index in [2.05, 4.69) is 4.90 Å². The number of carbonyl (C=O) groups is 1. The zero-order chi connectivity index (χ0) is 16.9. The number of ether oxygens (including phenoxy) is 2. The van der Waals surface area contributed by atoms with E-state index in [1.807, 2.05) is 26.8 Å². The summed E-state index contributed by atoms with van der Waals surface area (Å²) in [6.07, 6.45) is -0.242. The third-order valence-corrected chi connectivity index (χ3v) is 3.52. The number of amides is 1. The normalized spacial score (nSPS) is 16.2. The van der Waals surface area contributed by atoms with Gasteiger partial charge in [0.2, 0.25) is 0 Å². The molecule has 23 heavy (non-hydrogen) atoms. The molecule has 0 atom stereocenters. The Labute approximate surface area is 137 Å². The summed E-state index contributed by atoms with van der Waals surface area (Å²) in [6, 6.07) is 6.79. The van der Waals surface area contributed by atoms with Gasteiger partial charge in [0, 0.05) is 38.8 Å². The lowest BCUT2D eigenvalue weighted by atomic mass is 10.2. The maximum absolute atomic E-state index is 12.0. The van der Waals surface area contributed by atoms with E-state index in [4.69, 9.17) is 9.47 Å². The topological polar surface area (TPSA) is 62.2 Å². The number of rotatable bonds is 4. The van der Waals surface area contributed by atoms with Crippen molar-refractivity contribution in [1.29, 1.82) is 0 Å². The van der Waals surface area contributed by atoms with Gasteiger partial charge >= 0.3 is 6.09 Å². The lowest BCUT2D eigenvalue weighted by Gasteiger charge is -2.35. The second-order valence-electron chi connectivity index (χ2n) is 6.65. The molecular weight excluding hydrogens is 296 g/mol. The van der Waals surface area contributed by atoms with Crippen LogP contribution in [-0.4, -0.2) is 65.9 Å². The number of hydrogen-bond donors (Lipinski definition) is 1. The SMILES string of the molecule is CC(C)(C)OC(=O)N1CCN(CCOc2cccc(O)c2)CC1. The molecule has 6 nitrogen and oxygen atoms in total. The Morgan fingerprint density at radius 3 is 2.52 bits per heavy atom. The van der Waals surface area contributed by atoms with Gasteiger partial charge in [-0.1, -0.05) is 6.07 Å². The van der Waals surface area contributed by atoms with Crippen molar-refractivity contribution in [3.8, 4) is 11.5 Å². The Bertz CT molecular complexity index is 520. The highest BCUT2D eigenvalue weighted by Gasteiger charge is 2.25. The summed E-state index contributed by atoms with van der Waals surface area (Å²) in [7, 11) is 0. The number of piperazine rings is 1. The van der Waals surface area contributed by atoms with Gasteiger partial charge in [-0.15, -0.1) is 0 Å². The lowest BCUT2D eigenvalue weighted by molar-refractivity contribution is 0.0137. The maximum Gasteiger partial charge on any atom is 0.410 e. The van der Waals surface area contributed by atoms with E-state index in [-0.39, 0.29) is 11.8 Å². The van der Waals surface area contributed by atoms with E-state index in [1.165, 1.54) is 0 Å². The van der Waals surface area contributed by atoms with Crippen molar-refractivity contribution >= 4 is 6.09 Å². The zero-order valence-corrected chi connectivity index (χ0v) is 14.1. The molecule has 1 aromatic rings. The molecule has 1 aliphatic rings. The molecule has 0 aliphatic carbocycles. The summed E-state index contributed by atoms with van der Waals surface area (Å²) in [6.45, 7) is 9.92. The van der Waals surface area contributed by atoms with Gasteiger partial charge in [-0.2, -0.15) is 0 Å². The van der Waals surface area contributed by atoms with Crippen molar-refractivity contribution in [3.05, 3.63) is 24.3 Å². The number of aromatic hydroxyl groups is 1. The summed E-state index contributed by atoms with van der Waals surface area (Å²) < 4.78 is 11.0. The van der Waals surface area contributed by atoms with Crippen LogP contribution in [0.2, 0.25) is 0 Å². The average Bonchev–Trinajstić information content (AvgIpc) is 2.46. The van der Waals surface area contributed by atoms with Gasteiger partial charge in [0.05, 0.1) is 0 Å². The molecule has 1 N–H and O–H groups in total. The maximum atomic E-state index is 12.0. The monoisotopic (exact) mass is 322 g/mol. The van der Waals surface area contributed by atoms with Gasteiger partial charge in [-0.3, -0.25) is 4.90 Å². The fourth-order valence-corrected chi connectivity index (χ4v) is 2.35. The van der Waals surface area contributed by atoms with Gasteiger partial charge in [-0.05, 0) is 32.9 Å². The number of nitrogens with zero attached hydrogens (tertiary/aromatic N) is 2. The van der Waals surface area contributed by atoms with Gasteiger partial charge < -0.3 is 19.5 Å². The number of carbonyl (C=O) groups excluding carboxylic acids is 1. The van der Waals surface area contributed by atoms with Crippen LogP contribution in [0.1, 0.15) is 20.8 Å². The first-order valence-electron chi connectivity index (χ1n) is 7.95. The minimum atomic E-state index is -0.455. The molecular formula is C17H26N2O4. The van der Waals surface area contributed by atoms with Crippen LogP contribution >= 0.6 is 0 Å². The molecule has 128 valence electrons. The van der Waals surface area contributed by atoms with Gasteiger partial charge in [0.1, 0.15) is 23.7 Å². The zero-order valence-electron chi connectivity index (χ0n) is 14.1. The van der Waals surface area contributed by atoms with E-state index in [9.17, 15) is 9.90 Å². The minimum Gasteiger partial charge on any atom is -0.508 e. The van der Waals surface area contributed by atoms with Crippen LogP contribution < -0.4 is 4.74 Å². The Hall–Kier alpha value is -1.95. The molecule has 0 radical (unpaired) electrons. The number of benzene rings is 1. The number of phenolic OH excluding ortho intramolecular Hbond substituents is 1. The molecule has 1 amide bonds. The lowest BCUT2D eigenvalue weighted by Crippen LogP contribution is -2.50. The summed E-state index contributed by atoms with van der Waals surface area (Å²) >= 11 is 0. The first-order chi connectivity index (χ1) is 10.8. The molecule has 0 saturated carbocycles. The highest BCUT2D eigenvalue weighted by Crippen LogP contribution is 2.17. The first-order valence-corrected chi connectivity index (χ1v) is 7.95. The summed E-state index contributed by atoms with van der Waals surface area (Å²) in [5.74, 6) is 0.867. The molecule has 0 bridgehead atoms. The van der Waals surface area contributed by atoms with Crippen LogP contribution in [0, 0.1) is 0 Å². The van der Waals surface area contributed by atoms with Gasteiger partial charge in [-0.25, -0.2) is 4.79 Å². The fraction of sp³-hybridized carbons (Fsp3) is 0.588. The third-order valence-electron chi connectivity index (χ3n) is 3.52. The average molecular weight is 322 g/mol. The second kappa shape index (κ2) is 7.55. The van der Waals surface area contributed by atoms with Crippen molar-refractivity contribution in [2.24, 2.45) is 0 Å². The van der Waals surface area contributed by atoms with Crippen LogP contribution in [-0.2, 0) is 4.74 Å². The number of hydrogen-bond acceptors (Lipinski definition) is 5. The molecule has 1 fully saturated rings. The molecule has 1 heterocycles. The van der Waals surface area contributed by atoms with E-state index in [0.29, 0.717) is 25.4 Å². The van der Waals surface area contributed by atoms with Crippen molar-refractivity contribution in [2.75, 3.05) is 39.3 Å². The van der Waals surface area contributed by atoms with Crippen LogP contribution in [0.4, 0.5) is 4.79 Å². The first kappa shape index (κ1) is 17.4. The predicted octanol–water partition coefficient (Wildman–Crippen LogP) is 2.32. The molecule has 0 unspecified atom stereocenters. The quantitative estimate of drug-likeness (QED) is 0.922. The van der Waals surface area contributed by atoms with E-state index in [1.54, 1.807) is 23.1 Å². The molecule has 0 aromatic heterocycles. The summed E-state index contributed by atoms with van der Waals surface area (Å²) in [4.78, 5) is 16.0. The van der Waals surface area contributed by atoms with Crippen molar-refractivity contribution < 1.29 is 19.4 Å². The van der Waals surface area contributed by atoms with Crippen LogP contribution in [0.25, 0.3) is 0 Å². The fourth-order valence-electron chi connectivity index (χ4n) is 2.35. The Balaban J connectivity index is 1.68. The van der Waals surface area contributed by atoms with Crippen LogP contribution in [0.15, 0.2) is 24.3 Å². The molecule has 6 heteroatoms. The largest absolute Gasteiger partial charge is 0.508 e. The second-order valence-corrected chi connectivity index (χ2v) is 6.65. The highest BCUT2D eigenvalue weighted by atomic mass is 16.6. The molecule has 0 spiro atoms. The van der Waals surface area contributed by atoms with E-state index >= 15 is 0 Å². The Morgan fingerprint density at radius 1 is 1.22 bits per heavy atom. The van der Waals surface area contributed by atoms with Crippen molar-refractivity contribution in [1.82, 2.24) is 9.80 Å². The van der Waals surface area contributed by atoms with Crippen molar-refractivity contribution in [3.63, 3.8) is 0 Å². The van der Waals surface area contributed by atoms with E-state index < -0.39 is 5.60 Å². The van der Waals surface area contributed by atoms with Gasteiger partial charge in [0.25, 0.3) is 0 Å². The molecule has 1 aromatic carbocycles. The standard InChI is InChI=1S/C17H26N2O4/c1-17(2,3)23-16(21)19-9-7-18(8-10-19)11-12-22-15-6-4-5-14(20)13-15/h4-6,13,20H,7-12H2,1-3H3. The van der Waals surface area contributed by atoms with Crippen LogP contribution in [0.5, 0.6) is 11.5 Å². The Kier molecular flexibility index (Phi) is 5.71. The smallest absolute Gasteiger partial charge is 0.410 e. The Morgan fingerprint density at radius 2 is 1.91 bits per heavy atom. The molecule has 1 aliphatic heterocycles. The number of phenols is 1. The summed E-state index contributed by atoms with van der Waals surface area (Å²) in [5, 5.41) is 9.38. The highest BCUT2D eigenvalue weighted by molar-refractivity contribution is 5.68. The third kappa shape index (κ3) is 5.98. The van der Waals surface area contributed by atoms with Crippen LogP contribution in [0.3, 0.4) is 0 Å². The minimum absolute atomic E-state index is 0.202. The molecule has 1 saturated heterocycles. The van der Waals surface area contributed by atoms with Crippen molar-refractivity contribution in [2.45, 2.75) is 26.4 Å². The van der Waals surface area contributed by atoms with Gasteiger partial charge in [0.15, 0.2) is 0 Å².